The van der Waals surface area contributed by atoms with E-state index in [2.05, 4.69) is 21.4 Å². The maximum atomic E-state index is 11.9. The number of carbonyl (C=O) groups excluding carboxylic acids is 1. The van der Waals surface area contributed by atoms with Gasteiger partial charge in [-0.2, -0.15) is 0 Å². The molecular formula is C20H23N3O3. The largest absolute Gasteiger partial charge is 0.490 e. The summed E-state index contributed by atoms with van der Waals surface area (Å²) in [5.74, 6) is 1.65. The summed E-state index contributed by atoms with van der Waals surface area (Å²) in [7, 11) is 0. The maximum Gasteiger partial charge on any atom is 0.228 e. The Balaban J connectivity index is 1.48. The van der Waals surface area contributed by atoms with Crippen molar-refractivity contribution in [3.8, 4) is 17.0 Å². The summed E-state index contributed by atoms with van der Waals surface area (Å²) >= 11 is 0. The van der Waals surface area contributed by atoms with E-state index in [1.807, 2.05) is 25.1 Å². The van der Waals surface area contributed by atoms with Crippen LogP contribution >= 0.6 is 0 Å². The predicted molar refractivity (Wildman–Crippen MR) is 98.0 cm³/mol. The first-order valence-corrected chi connectivity index (χ1v) is 9.17. The number of rotatable bonds is 5. The van der Waals surface area contributed by atoms with Gasteiger partial charge in [-0.25, -0.2) is 9.97 Å². The molecular weight excluding hydrogens is 330 g/mol. The second kappa shape index (κ2) is 7.41. The monoisotopic (exact) mass is 353 g/mol. The molecule has 0 spiro atoms. The number of aromatic nitrogens is 2. The van der Waals surface area contributed by atoms with E-state index in [0.29, 0.717) is 5.82 Å². The highest BCUT2D eigenvalue weighted by molar-refractivity contribution is 5.93. The third-order valence-corrected chi connectivity index (χ3v) is 4.80. The van der Waals surface area contributed by atoms with Gasteiger partial charge < -0.3 is 14.8 Å². The summed E-state index contributed by atoms with van der Waals surface area (Å²) in [6.45, 7) is 3.56. The van der Waals surface area contributed by atoms with Crippen molar-refractivity contribution in [2.24, 2.45) is 5.92 Å². The van der Waals surface area contributed by atoms with Gasteiger partial charge >= 0.3 is 0 Å². The van der Waals surface area contributed by atoms with Crippen LogP contribution in [0.25, 0.3) is 11.3 Å². The van der Waals surface area contributed by atoms with Gasteiger partial charge in [0.25, 0.3) is 0 Å². The van der Waals surface area contributed by atoms with Gasteiger partial charge in [-0.05, 0) is 43.5 Å². The van der Waals surface area contributed by atoms with Crippen LogP contribution in [0, 0.1) is 12.8 Å². The molecule has 1 aromatic carbocycles. The van der Waals surface area contributed by atoms with E-state index in [9.17, 15) is 4.79 Å². The van der Waals surface area contributed by atoms with E-state index >= 15 is 0 Å². The number of nitrogens with one attached hydrogen (secondary N) is 1. The SMILES string of the molecule is Cc1cc(-c2cc(NC(=O)C3CC3)ncn2)ccc1OC1CCOCC1. The molecule has 6 nitrogen and oxygen atoms in total. The van der Waals surface area contributed by atoms with E-state index < -0.39 is 0 Å². The van der Waals surface area contributed by atoms with Gasteiger partial charge in [-0.15, -0.1) is 0 Å². The first kappa shape index (κ1) is 17.0. The van der Waals surface area contributed by atoms with Crippen molar-refractivity contribution in [2.45, 2.75) is 38.7 Å². The molecule has 136 valence electrons. The van der Waals surface area contributed by atoms with Gasteiger partial charge in [0.15, 0.2) is 0 Å². The number of amides is 1. The van der Waals surface area contributed by atoms with Crippen molar-refractivity contribution in [3.63, 3.8) is 0 Å². The summed E-state index contributed by atoms with van der Waals surface area (Å²) < 4.78 is 11.5. The molecule has 0 atom stereocenters. The lowest BCUT2D eigenvalue weighted by Gasteiger charge is -2.24. The van der Waals surface area contributed by atoms with Gasteiger partial charge in [-0.3, -0.25) is 4.79 Å². The molecule has 1 aromatic heterocycles. The molecule has 0 bridgehead atoms. The third kappa shape index (κ3) is 4.02. The molecule has 0 unspecified atom stereocenters. The molecule has 1 N–H and O–H groups in total. The fraction of sp³-hybridized carbons (Fsp3) is 0.450. The van der Waals surface area contributed by atoms with Crippen molar-refractivity contribution >= 4 is 11.7 Å². The van der Waals surface area contributed by atoms with Crippen LogP contribution in [0.3, 0.4) is 0 Å². The summed E-state index contributed by atoms with van der Waals surface area (Å²) in [6.07, 6.45) is 5.50. The van der Waals surface area contributed by atoms with Crippen molar-refractivity contribution in [2.75, 3.05) is 18.5 Å². The predicted octanol–water partition coefficient (Wildman–Crippen LogP) is 3.36. The minimum Gasteiger partial charge on any atom is -0.490 e. The topological polar surface area (TPSA) is 73.3 Å². The zero-order chi connectivity index (χ0) is 17.9. The van der Waals surface area contributed by atoms with Crippen LogP contribution in [-0.4, -0.2) is 35.2 Å². The molecule has 4 rings (SSSR count). The van der Waals surface area contributed by atoms with E-state index in [0.717, 1.165) is 61.5 Å². The summed E-state index contributed by atoms with van der Waals surface area (Å²) in [5, 5.41) is 2.87. The van der Waals surface area contributed by atoms with Crippen molar-refractivity contribution in [1.29, 1.82) is 0 Å². The molecule has 2 aromatic rings. The van der Waals surface area contributed by atoms with Gasteiger partial charge in [0, 0.05) is 30.4 Å². The zero-order valence-electron chi connectivity index (χ0n) is 14.9. The van der Waals surface area contributed by atoms with Crippen LogP contribution in [0.4, 0.5) is 5.82 Å². The van der Waals surface area contributed by atoms with Gasteiger partial charge in [0.1, 0.15) is 24.0 Å². The number of hydrogen-bond donors (Lipinski definition) is 1. The molecule has 26 heavy (non-hydrogen) atoms. The number of ether oxygens (including phenoxy) is 2. The van der Waals surface area contributed by atoms with Crippen molar-refractivity contribution in [1.82, 2.24) is 9.97 Å². The van der Waals surface area contributed by atoms with E-state index in [1.54, 1.807) is 0 Å². The molecule has 2 heterocycles. The molecule has 2 fully saturated rings. The number of anilines is 1. The van der Waals surface area contributed by atoms with E-state index in [1.165, 1.54) is 6.33 Å². The Morgan fingerprint density at radius 1 is 1.15 bits per heavy atom. The average molecular weight is 353 g/mol. The minimum atomic E-state index is 0.0473. The number of hydrogen-bond acceptors (Lipinski definition) is 5. The van der Waals surface area contributed by atoms with E-state index in [-0.39, 0.29) is 17.9 Å². The van der Waals surface area contributed by atoms with E-state index in [4.69, 9.17) is 9.47 Å². The van der Waals surface area contributed by atoms with Gasteiger partial charge in [0.2, 0.25) is 5.91 Å². The van der Waals surface area contributed by atoms with Gasteiger partial charge in [-0.1, -0.05) is 0 Å². The third-order valence-electron chi connectivity index (χ3n) is 4.80. The normalized spacial score (nSPS) is 17.7. The Kier molecular flexibility index (Phi) is 4.84. The smallest absolute Gasteiger partial charge is 0.228 e. The summed E-state index contributed by atoms with van der Waals surface area (Å²) in [5.41, 5.74) is 2.83. The zero-order valence-corrected chi connectivity index (χ0v) is 14.9. The average Bonchev–Trinajstić information content (AvgIpc) is 3.50. The highest BCUT2D eigenvalue weighted by atomic mass is 16.5. The Morgan fingerprint density at radius 3 is 2.69 bits per heavy atom. The molecule has 0 radical (unpaired) electrons. The van der Waals surface area contributed by atoms with Crippen LogP contribution < -0.4 is 10.1 Å². The first-order valence-electron chi connectivity index (χ1n) is 9.17. The van der Waals surface area contributed by atoms with Crippen LogP contribution in [-0.2, 0) is 9.53 Å². The highest BCUT2D eigenvalue weighted by Crippen LogP contribution is 2.31. The molecule has 2 aliphatic rings. The number of benzene rings is 1. The summed E-state index contributed by atoms with van der Waals surface area (Å²) in [6, 6.07) is 7.86. The van der Waals surface area contributed by atoms with Crippen LogP contribution in [0.1, 0.15) is 31.2 Å². The highest BCUT2D eigenvalue weighted by Gasteiger charge is 2.29. The standard InChI is InChI=1S/C20H23N3O3/c1-13-10-15(4-5-18(13)26-16-6-8-25-9-7-16)17-11-19(22-12-21-17)23-20(24)14-2-3-14/h4-5,10-12,14,16H,2-3,6-9H2,1H3,(H,21,22,23,24). The second-order valence-corrected chi connectivity index (χ2v) is 6.96. The Hall–Kier alpha value is -2.47. The minimum absolute atomic E-state index is 0.0473. The number of nitrogens with zero attached hydrogens (tertiary/aromatic N) is 2. The fourth-order valence-electron chi connectivity index (χ4n) is 3.07. The summed E-state index contributed by atoms with van der Waals surface area (Å²) in [4.78, 5) is 20.4. The van der Waals surface area contributed by atoms with Crippen LogP contribution in [0.2, 0.25) is 0 Å². The Labute approximate surface area is 153 Å². The van der Waals surface area contributed by atoms with Crippen molar-refractivity contribution in [3.05, 3.63) is 36.2 Å². The van der Waals surface area contributed by atoms with Crippen LogP contribution in [0.5, 0.6) is 5.75 Å². The maximum absolute atomic E-state index is 11.9. The molecule has 1 saturated heterocycles. The molecule has 6 heteroatoms. The number of carbonyl (C=O) groups is 1. The number of aryl methyl sites for hydroxylation is 1. The first-order chi connectivity index (χ1) is 12.7. The van der Waals surface area contributed by atoms with Gasteiger partial charge in [0.05, 0.1) is 18.9 Å². The second-order valence-electron chi connectivity index (χ2n) is 6.96. The Morgan fingerprint density at radius 2 is 1.96 bits per heavy atom. The lowest BCUT2D eigenvalue weighted by Crippen LogP contribution is -2.26. The fourth-order valence-corrected chi connectivity index (χ4v) is 3.07. The lowest BCUT2D eigenvalue weighted by atomic mass is 10.1. The van der Waals surface area contributed by atoms with Crippen molar-refractivity contribution < 1.29 is 14.3 Å². The lowest BCUT2D eigenvalue weighted by molar-refractivity contribution is -0.117. The van der Waals surface area contributed by atoms with Crippen LogP contribution in [0.15, 0.2) is 30.6 Å². The molecule has 1 aliphatic carbocycles. The quantitative estimate of drug-likeness (QED) is 0.892. The molecule has 1 aliphatic heterocycles. The molecule has 1 saturated carbocycles. The molecule has 1 amide bonds. The Bertz CT molecular complexity index is 799.